The van der Waals surface area contributed by atoms with Gasteiger partial charge in [0.15, 0.2) is 0 Å². The fourth-order valence-corrected chi connectivity index (χ4v) is 3.62. The third kappa shape index (κ3) is 5.47. The van der Waals surface area contributed by atoms with E-state index in [-0.39, 0.29) is 12.1 Å². The molecule has 0 aliphatic heterocycles. The molecule has 2 unspecified atom stereocenters. The lowest BCUT2D eigenvalue weighted by molar-refractivity contribution is 0.166. The summed E-state index contributed by atoms with van der Waals surface area (Å²) in [5.41, 5.74) is 2.50. The van der Waals surface area contributed by atoms with E-state index in [2.05, 4.69) is 58.1 Å². The van der Waals surface area contributed by atoms with Gasteiger partial charge in [-0.3, -0.25) is 0 Å². The molecule has 2 N–H and O–H groups in total. The Morgan fingerprint density at radius 2 is 2.00 bits per heavy atom. The molecule has 0 radical (unpaired) electrons. The largest absolute Gasteiger partial charge is 0.394 e. The second-order valence-electron chi connectivity index (χ2n) is 6.02. The van der Waals surface area contributed by atoms with Crippen LogP contribution in [0.25, 0.3) is 0 Å². The summed E-state index contributed by atoms with van der Waals surface area (Å²) in [5.74, 6) is 0. The summed E-state index contributed by atoms with van der Waals surface area (Å²) in [6, 6.07) is 6.64. The smallest absolute Gasteiger partial charge is 0.0611 e. The maximum absolute atomic E-state index is 9.64. The van der Waals surface area contributed by atoms with E-state index in [0.29, 0.717) is 5.25 Å². The molecule has 2 atom stereocenters. The minimum Gasteiger partial charge on any atom is -0.394 e. The van der Waals surface area contributed by atoms with Crippen LogP contribution >= 0.6 is 11.8 Å². The molecule has 1 aromatic carbocycles. The van der Waals surface area contributed by atoms with E-state index in [4.69, 9.17) is 0 Å². The molecule has 0 aliphatic rings. The maximum atomic E-state index is 9.64. The molecule has 0 aromatic heterocycles. The second-order valence-corrected chi connectivity index (χ2v) is 7.54. The van der Waals surface area contributed by atoms with E-state index in [1.54, 1.807) is 0 Å². The third-order valence-corrected chi connectivity index (χ3v) is 4.80. The minimum atomic E-state index is -0.178. The van der Waals surface area contributed by atoms with Crippen molar-refractivity contribution in [3.63, 3.8) is 0 Å². The first kappa shape index (κ1) is 17.5. The van der Waals surface area contributed by atoms with Crippen LogP contribution in [0, 0.1) is 13.8 Å². The molecule has 0 bridgehead atoms. The molecule has 3 heteroatoms. The van der Waals surface area contributed by atoms with Gasteiger partial charge in [0, 0.05) is 15.7 Å². The molecular formula is C17H29NOS. The van der Waals surface area contributed by atoms with Crippen LogP contribution in [-0.2, 0) is 0 Å². The molecule has 1 aromatic rings. The zero-order chi connectivity index (χ0) is 15.2. The number of aryl methyl sites for hydroxylation is 2. The molecule has 0 fully saturated rings. The summed E-state index contributed by atoms with van der Waals surface area (Å²) in [7, 11) is 0. The lowest BCUT2D eigenvalue weighted by Crippen LogP contribution is -2.47. The lowest BCUT2D eigenvalue weighted by atomic mass is 9.97. The van der Waals surface area contributed by atoms with Gasteiger partial charge < -0.3 is 10.4 Å². The van der Waals surface area contributed by atoms with Crippen LogP contribution in [0.5, 0.6) is 0 Å². The van der Waals surface area contributed by atoms with Crippen LogP contribution < -0.4 is 5.32 Å². The van der Waals surface area contributed by atoms with Gasteiger partial charge in [0.2, 0.25) is 0 Å². The summed E-state index contributed by atoms with van der Waals surface area (Å²) in [5, 5.41) is 13.6. The van der Waals surface area contributed by atoms with Crippen LogP contribution in [0.1, 0.15) is 44.7 Å². The van der Waals surface area contributed by atoms with Crippen molar-refractivity contribution in [2.24, 2.45) is 0 Å². The molecular weight excluding hydrogens is 266 g/mol. The van der Waals surface area contributed by atoms with Gasteiger partial charge in [-0.05, 0) is 63.4 Å². The third-order valence-electron chi connectivity index (χ3n) is 3.70. The van der Waals surface area contributed by atoms with E-state index in [1.165, 1.54) is 16.0 Å². The Kier molecular flexibility index (Phi) is 7.07. The van der Waals surface area contributed by atoms with Crippen LogP contribution in [0.15, 0.2) is 23.1 Å². The highest BCUT2D eigenvalue weighted by molar-refractivity contribution is 7.99. The summed E-state index contributed by atoms with van der Waals surface area (Å²) in [4.78, 5) is 1.32. The number of hydrogen-bond acceptors (Lipinski definition) is 3. The molecule has 20 heavy (non-hydrogen) atoms. The number of aliphatic hydroxyl groups is 1. The number of thioether (sulfide) groups is 1. The zero-order valence-electron chi connectivity index (χ0n) is 13.5. The Morgan fingerprint density at radius 3 is 2.55 bits per heavy atom. The van der Waals surface area contributed by atoms with E-state index in [1.807, 2.05) is 11.8 Å². The van der Waals surface area contributed by atoms with Crippen LogP contribution in [0.4, 0.5) is 0 Å². The van der Waals surface area contributed by atoms with Crippen molar-refractivity contribution in [1.82, 2.24) is 5.32 Å². The minimum absolute atomic E-state index is 0.178. The molecule has 114 valence electrons. The number of rotatable bonds is 8. The Hall–Kier alpha value is -0.510. The number of aliphatic hydroxyl groups excluding tert-OH is 1. The van der Waals surface area contributed by atoms with Gasteiger partial charge in [0.25, 0.3) is 0 Å². The Balaban J connectivity index is 2.61. The van der Waals surface area contributed by atoms with Crippen LogP contribution in [0.2, 0.25) is 0 Å². The van der Waals surface area contributed by atoms with E-state index in [9.17, 15) is 5.11 Å². The van der Waals surface area contributed by atoms with Crippen molar-refractivity contribution in [3.8, 4) is 0 Å². The van der Waals surface area contributed by atoms with Gasteiger partial charge in [-0.1, -0.05) is 19.9 Å². The average molecular weight is 295 g/mol. The first-order valence-electron chi connectivity index (χ1n) is 7.50. The first-order chi connectivity index (χ1) is 9.40. The highest BCUT2D eigenvalue weighted by atomic mass is 32.2. The van der Waals surface area contributed by atoms with Crippen LogP contribution in [-0.4, -0.2) is 29.0 Å². The van der Waals surface area contributed by atoms with Crippen molar-refractivity contribution in [1.29, 1.82) is 0 Å². The van der Waals surface area contributed by atoms with E-state index < -0.39 is 0 Å². The van der Waals surface area contributed by atoms with Gasteiger partial charge in [0.05, 0.1) is 6.61 Å². The van der Waals surface area contributed by atoms with Gasteiger partial charge in [0.1, 0.15) is 0 Å². The normalized spacial score (nSPS) is 15.9. The fraction of sp³-hybridized carbons (Fsp3) is 0.647. The SMILES string of the molecule is CCCNC(C)(CO)CC(C)Sc1ccc(C)c(C)c1. The fourth-order valence-electron chi connectivity index (χ4n) is 2.32. The first-order valence-corrected chi connectivity index (χ1v) is 8.38. The number of benzene rings is 1. The van der Waals surface area contributed by atoms with Gasteiger partial charge in [-0.2, -0.15) is 0 Å². The van der Waals surface area contributed by atoms with Crippen molar-refractivity contribution >= 4 is 11.8 Å². The van der Waals surface area contributed by atoms with Crippen molar-refractivity contribution in [3.05, 3.63) is 29.3 Å². The highest BCUT2D eigenvalue weighted by Gasteiger charge is 2.25. The number of hydrogen-bond donors (Lipinski definition) is 2. The topological polar surface area (TPSA) is 32.3 Å². The summed E-state index contributed by atoms with van der Waals surface area (Å²) >= 11 is 1.89. The Bertz CT molecular complexity index is 421. The van der Waals surface area contributed by atoms with Gasteiger partial charge >= 0.3 is 0 Å². The highest BCUT2D eigenvalue weighted by Crippen LogP contribution is 2.29. The predicted octanol–water partition coefficient (Wildman–Crippen LogP) is 3.92. The van der Waals surface area contributed by atoms with E-state index >= 15 is 0 Å². The van der Waals surface area contributed by atoms with Crippen molar-refractivity contribution in [2.45, 2.75) is 63.1 Å². The quantitative estimate of drug-likeness (QED) is 0.713. The molecule has 0 spiro atoms. The van der Waals surface area contributed by atoms with Crippen LogP contribution in [0.3, 0.4) is 0 Å². The van der Waals surface area contributed by atoms with Crippen molar-refractivity contribution < 1.29 is 5.11 Å². The predicted molar refractivity (Wildman–Crippen MR) is 89.6 cm³/mol. The zero-order valence-corrected chi connectivity index (χ0v) is 14.3. The van der Waals surface area contributed by atoms with Gasteiger partial charge in [-0.25, -0.2) is 0 Å². The molecule has 0 aliphatic carbocycles. The lowest BCUT2D eigenvalue weighted by Gasteiger charge is -2.31. The Morgan fingerprint density at radius 1 is 1.30 bits per heavy atom. The molecule has 1 rings (SSSR count). The molecule has 0 saturated heterocycles. The summed E-state index contributed by atoms with van der Waals surface area (Å²) in [6.07, 6.45) is 2.05. The second kappa shape index (κ2) is 8.06. The summed E-state index contributed by atoms with van der Waals surface area (Å²) < 4.78 is 0. The van der Waals surface area contributed by atoms with E-state index in [0.717, 1.165) is 19.4 Å². The maximum Gasteiger partial charge on any atom is 0.0611 e. The van der Waals surface area contributed by atoms with Gasteiger partial charge in [-0.15, -0.1) is 11.8 Å². The monoisotopic (exact) mass is 295 g/mol. The standard InChI is InChI=1S/C17H29NOS/c1-6-9-18-17(5,12-19)11-15(4)20-16-8-7-13(2)14(3)10-16/h7-8,10,15,18-19H,6,9,11-12H2,1-5H3. The van der Waals surface area contributed by atoms with Crippen molar-refractivity contribution in [2.75, 3.05) is 13.2 Å². The Labute approximate surface area is 128 Å². The molecule has 2 nitrogen and oxygen atoms in total. The number of nitrogens with one attached hydrogen (secondary N) is 1. The summed E-state index contributed by atoms with van der Waals surface area (Å²) in [6.45, 7) is 11.9. The molecule has 0 amide bonds. The molecule has 0 saturated carbocycles. The molecule has 0 heterocycles. The average Bonchev–Trinajstić information content (AvgIpc) is 2.40.